The molecule has 0 atom stereocenters. The van der Waals surface area contributed by atoms with E-state index >= 15 is 0 Å². The van der Waals surface area contributed by atoms with E-state index in [1.165, 1.54) is 12.8 Å². The van der Waals surface area contributed by atoms with Crippen LogP contribution in [-0.2, 0) is 11.3 Å². The van der Waals surface area contributed by atoms with Gasteiger partial charge in [0, 0.05) is 39.2 Å². The minimum Gasteiger partial charge on any atom is -0.383 e. The van der Waals surface area contributed by atoms with E-state index in [2.05, 4.69) is 45.6 Å². The molecular weight excluding hydrogens is 342 g/mol. The molecule has 1 aliphatic heterocycles. The molecule has 0 aliphatic carbocycles. The predicted molar refractivity (Wildman–Crippen MR) is 109 cm³/mol. The van der Waals surface area contributed by atoms with Gasteiger partial charge in [-0.25, -0.2) is 0 Å². The van der Waals surface area contributed by atoms with Gasteiger partial charge < -0.3 is 24.8 Å². The zero-order valence-corrected chi connectivity index (χ0v) is 17.5. The van der Waals surface area contributed by atoms with Gasteiger partial charge in [-0.15, -0.1) is 0 Å². The minimum absolute atomic E-state index is 0.481. The Balaban J connectivity index is 1.69. The molecule has 2 rings (SSSR count). The van der Waals surface area contributed by atoms with Crippen molar-refractivity contribution in [3.8, 4) is 0 Å². The second kappa shape index (κ2) is 12.0. The number of likely N-dealkylation sites (tertiary alicyclic amines) is 1. The van der Waals surface area contributed by atoms with Crippen LogP contribution < -0.4 is 10.6 Å². The second-order valence-electron chi connectivity index (χ2n) is 7.32. The third-order valence-corrected chi connectivity index (χ3v) is 5.51. The number of hydrogen-bond donors (Lipinski definition) is 2. The maximum absolute atomic E-state index is 5.47. The number of nitrogens with one attached hydrogen (secondary N) is 2. The molecule has 0 unspecified atom stereocenters. The third kappa shape index (κ3) is 7.14. The first kappa shape index (κ1) is 21.7. The molecule has 1 aromatic heterocycles. The van der Waals surface area contributed by atoms with Gasteiger partial charge in [0.1, 0.15) is 0 Å². The van der Waals surface area contributed by atoms with Crippen molar-refractivity contribution in [3.63, 3.8) is 0 Å². The highest BCUT2D eigenvalue weighted by atomic mass is 16.5. The van der Waals surface area contributed by atoms with Gasteiger partial charge in [0.2, 0.25) is 0 Å². The molecular formula is C20H37N5O2. The van der Waals surface area contributed by atoms with Gasteiger partial charge in [-0.05, 0) is 44.7 Å². The summed E-state index contributed by atoms with van der Waals surface area (Å²) in [7, 11) is 3.57. The van der Waals surface area contributed by atoms with E-state index in [9.17, 15) is 0 Å². The number of methoxy groups -OCH3 is 1. The van der Waals surface area contributed by atoms with Crippen molar-refractivity contribution in [1.82, 2.24) is 20.7 Å². The fourth-order valence-corrected chi connectivity index (χ4v) is 3.58. The van der Waals surface area contributed by atoms with Gasteiger partial charge in [0.25, 0.3) is 0 Å². The molecule has 2 heterocycles. The fourth-order valence-electron chi connectivity index (χ4n) is 3.58. The van der Waals surface area contributed by atoms with Crippen molar-refractivity contribution >= 4 is 5.96 Å². The van der Waals surface area contributed by atoms with Crippen LogP contribution in [0.3, 0.4) is 0 Å². The molecule has 1 fully saturated rings. The van der Waals surface area contributed by atoms with Gasteiger partial charge in [-0.2, -0.15) is 0 Å². The first-order valence-electron chi connectivity index (χ1n) is 10.3. The highest BCUT2D eigenvalue weighted by Gasteiger charge is 2.19. The minimum atomic E-state index is 0.481. The monoisotopic (exact) mass is 379 g/mol. The summed E-state index contributed by atoms with van der Waals surface area (Å²) in [6.45, 7) is 10.1. The standard InChI is InChI=1S/C20H37N5O2/c1-5-17(6-2)19-13-18(27-24-19)15-23-20(21-3)22-14-16-7-9-25(10-8-16)11-12-26-4/h13,16-17H,5-12,14-15H2,1-4H3,(H2,21,22,23). The predicted octanol–water partition coefficient (Wildman–Crippen LogP) is 2.60. The number of rotatable bonds is 10. The molecule has 27 heavy (non-hydrogen) atoms. The smallest absolute Gasteiger partial charge is 0.191 e. The van der Waals surface area contributed by atoms with Gasteiger partial charge in [-0.1, -0.05) is 19.0 Å². The Morgan fingerprint density at radius 1 is 1.33 bits per heavy atom. The van der Waals surface area contributed by atoms with Crippen molar-refractivity contribution in [2.24, 2.45) is 10.9 Å². The first-order valence-corrected chi connectivity index (χ1v) is 10.3. The molecule has 1 saturated heterocycles. The molecule has 0 bridgehead atoms. The summed E-state index contributed by atoms with van der Waals surface area (Å²) in [6, 6.07) is 2.06. The van der Waals surface area contributed by atoms with E-state index in [1.807, 2.05) is 0 Å². The van der Waals surface area contributed by atoms with Crippen LogP contribution in [0, 0.1) is 5.92 Å². The molecule has 154 valence electrons. The lowest BCUT2D eigenvalue weighted by Crippen LogP contribution is -2.43. The zero-order valence-electron chi connectivity index (χ0n) is 17.5. The molecule has 1 aromatic rings. The number of piperidine rings is 1. The summed E-state index contributed by atoms with van der Waals surface area (Å²) in [5, 5.41) is 11.0. The van der Waals surface area contributed by atoms with Crippen molar-refractivity contribution in [2.75, 3.05) is 46.9 Å². The lowest BCUT2D eigenvalue weighted by molar-refractivity contribution is 0.121. The van der Waals surface area contributed by atoms with E-state index in [1.54, 1.807) is 14.2 Å². The largest absolute Gasteiger partial charge is 0.383 e. The second-order valence-corrected chi connectivity index (χ2v) is 7.32. The number of ether oxygens (including phenoxy) is 1. The molecule has 2 N–H and O–H groups in total. The highest BCUT2D eigenvalue weighted by molar-refractivity contribution is 5.79. The van der Waals surface area contributed by atoms with Crippen molar-refractivity contribution < 1.29 is 9.26 Å². The Bertz CT molecular complexity index is 548. The summed E-state index contributed by atoms with van der Waals surface area (Å²) in [5.41, 5.74) is 1.06. The number of aromatic nitrogens is 1. The average molecular weight is 380 g/mol. The van der Waals surface area contributed by atoms with E-state index in [0.29, 0.717) is 18.4 Å². The van der Waals surface area contributed by atoms with Gasteiger partial charge in [0.05, 0.1) is 18.8 Å². The van der Waals surface area contributed by atoms with Crippen molar-refractivity contribution in [2.45, 2.75) is 52.0 Å². The molecule has 7 nitrogen and oxygen atoms in total. The van der Waals surface area contributed by atoms with Crippen molar-refractivity contribution in [3.05, 3.63) is 17.5 Å². The van der Waals surface area contributed by atoms with Crippen LogP contribution in [0.15, 0.2) is 15.6 Å². The van der Waals surface area contributed by atoms with Gasteiger partial charge in [-0.3, -0.25) is 4.99 Å². The molecule has 0 saturated carbocycles. The van der Waals surface area contributed by atoms with E-state index in [4.69, 9.17) is 9.26 Å². The molecule has 1 aliphatic rings. The Labute approximate surface area is 163 Å². The van der Waals surface area contributed by atoms with E-state index in [-0.39, 0.29) is 0 Å². The SMILES string of the molecule is CCC(CC)c1cc(CNC(=NC)NCC2CCN(CCOC)CC2)on1. The Morgan fingerprint density at radius 3 is 2.70 bits per heavy atom. The third-order valence-electron chi connectivity index (χ3n) is 5.51. The summed E-state index contributed by atoms with van der Waals surface area (Å²) >= 11 is 0. The van der Waals surface area contributed by atoms with Crippen LogP contribution in [0.25, 0.3) is 0 Å². The molecule has 0 radical (unpaired) electrons. The highest BCUT2D eigenvalue weighted by Crippen LogP contribution is 2.22. The maximum atomic E-state index is 5.47. The molecule has 0 aromatic carbocycles. The van der Waals surface area contributed by atoms with Crippen LogP contribution in [0.2, 0.25) is 0 Å². The lowest BCUT2D eigenvalue weighted by Gasteiger charge is -2.32. The lowest BCUT2D eigenvalue weighted by atomic mass is 9.97. The first-order chi connectivity index (χ1) is 13.2. The number of aliphatic imine (C=N–C) groups is 1. The molecule has 0 amide bonds. The number of hydrogen-bond acceptors (Lipinski definition) is 5. The Morgan fingerprint density at radius 2 is 2.07 bits per heavy atom. The van der Waals surface area contributed by atoms with E-state index in [0.717, 1.165) is 63.0 Å². The maximum Gasteiger partial charge on any atom is 0.191 e. The van der Waals surface area contributed by atoms with Crippen LogP contribution in [0.4, 0.5) is 0 Å². The van der Waals surface area contributed by atoms with Gasteiger partial charge in [0.15, 0.2) is 11.7 Å². The topological polar surface area (TPSA) is 74.9 Å². The van der Waals surface area contributed by atoms with Crippen LogP contribution in [-0.4, -0.2) is 63.0 Å². The Hall–Kier alpha value is -1.60. The Kier molecular flexibility index (Phi) is 9.62. The molecule has 7 heteroatoms. The van der Waals surface area contributed by atoms with Crippen LogP contribution in [0.5, 0.6) is 0 Å². The van der Waals surface area contributed by atoms with E-state index < -0.39 is 0 Å². The molecule has 0 spiro atoms. The summed E-state index contributed by atoms with van der Waals surface area (Å²) in [6.07, 6.45) is 4.61. The van der Waals surface area contributed by atoms with Crippen molar-refractivity contribution in [1.29, 1.82) is 0 Å². The normalized spacial score (nSPS) is 16.9. The average Bonchev–Trinajstić information content (AvgIpc) is 3.17. The van der Waals surface area contributed by atoms with Crippen LogP contribution >= 0.6 is 0 Å². The van der Waals surface area contributed by atoms with Gasteiger partial charge >= 0.3 is 0 Å². The van der Waals surface area contributed by atoms with Crippen LogP contribution in [0.1, 0.15) is 56.9 Å². The quantitative estimate of drug-likeness (QED) is 0.481. The number of nitrogens with zero attached hydrogens (tertiary/aromatic N) is 3. The summed E-state index contributed by atoms with van der Waals surface area (Å²) in [5.74, 6) is 2.84. The zero-order chi connectivity index (χ0) is 19.5. The summed E-state index contributed by atoms with van der Waals surface area (Å²) < 4.78 is 10.6. The number of guanidine groups is 1. The summed E-state index contributed by atoms with van der Waals surface area (Å²) in [4.78, 5) is 6.80. The fraction of sp³-hybridized carbons (Fsp3) is 0.800.